The van der Waals surface area contributed by atoms with E-state index in [1.54, 1.807) is 25.6 Å². The molecule has 0 saturated heterocycles. The summed E-state index contributed by atoms with van der Waals surface area (Å²) >= 11 is 0. The van der Waals surface area contributed by atoms with Gasteiger partial charge in [-0.2, -0.15) is 0 Å². The number of hydrogen-bond donors (Lipinski definition) is 2. The number of amides is 1. The molecule has 0 aliphatic heterocycles. The first kappa shape index (κ1) is 13.9. The Balaban J connectivity index is 1.79. The second kappa shape index (κ2) is 7.13. The summed E-state index contributed by atoms with van der Waals surface area (Å²) in [4.78, 5) is 18.7. The highest BCUT2D eigenvalue weighted by Crippen LogP contribution is 2.13. The van der Waals surface area contributed by atoms with E-state index in [4.69, 9.17) is 4.74 Å². The molecule has 1 aromatic heterocycles. The van der Waals surface area contributed by atoms with Crippen molar-refractivity contribution in [2.75, 3.05) is 13.7 Å². The largest absolute Gasteiger partial charge is 0.497 e. The minimum absolute atomic E-state index is 0.126. The van der Waals surface area contributed by atoms with Gasteiger partial charge < -0.3 is 15.0 Å². The van der Waals surface area contributed by atoms with Gasteiger partial charge in [0, 0.05) is 31.4 Å². The summed E-state index contributed by atoms with van der Waals surface area (Å²) in [5.74, 6) is 1.51. The normalized spacial score (nSPS) is 10.7. The highest BCUT2D eigenvalue weighted by atomic mass is 16.5. The molecule has 0 fully saturated rings. The maximum absolute atomic E-state index is 11.6. The fraction of sp³-hybridized carbons (Fsp3) is 0.200. The van der Waals surface area contributed by atoms with Crippen LogP contribution in [0.4, 0.5) is 0 Å². The lowest BCUT2D eigenvalue weighted by atomic mass is 10.2. The molecule has 0 bridgehead atoms. The van der Waals surface area contributed by atoms with Crippen molar-refractivity contribution in [3.8, 4) is 5.75 Å². The third-order valence-corrected chi connectivity index (χ3v) is 2.74. The lowest BCUT2D eigenvalue weighted by molar-refractivity contribution is -0.116. The van der Waals surface area contributed by atoms with E-state index in [-0.39, 0.29) is 5.91 Å². The summed E-state index contributed by atoms with van der Waals surface area (Å²) in [7, 11) is 1.62. The third kappa shape index (κ3) is 4.28. The molecule has 0 unspecified atom stereocenters. The molecular formula is C15H17N3O2. The molecule has 0 spiro atoms. The van der Waals surface area contributed by atoms with Crippen molar-refractivity contribution in [1.82, 2.24) is 15.3 Å². The molecule has 0 aliphatic rings. The predicted molar refractivity (Wildman–Crippen MR) is 77.3 cm³/mol. The molecule has 2 rings (SSSR count). The summed E-state index contributed by atoms with van der Waals surface area (Å²) in [6.07, 6.45) is 7.41. The van der Waals surface area contributed by atoms with Crippen LogP contribution in [-0.4, -0.2) is 29.5 Å². The summed E-state index contributed by atoms with van der Waals surface area (Å²) in [5.41, 5.74) is 0.922. The summed E-state index contributed by atoms with van der Waals surface area (Å²) in [5, 5.41) is 2.80. The number of aromatic nitrogens is 2. The number of benzene rings is 1. The van der Waals surface area contributed by atoms with Crippen molar-refractivity contribution < 1.29 is 9.53 Å². The van der Waals surface area contributed by atoms with Crippen molar-refractivity contribution in [3.63, 3.8) is 0 Å². The van der Waals surface area contributed by atoms with Crippen LogP contribution in [0.1, 0.15) is 11.4 Å². The summed E-state index contributed by atoms with van der Waals surface area (Å²) in [6.45, 7) is 0.550. The van der Waals surface area contributed by atoms with Gasteiger partial charge in [0.15, 0.2) is 0 Å². The number of hydrogen-bond acceptors (Lipinski definition) is 3. The van der Waals surface area contributed by atoms with Gasteiger partial charge in [-0.05, 0) is 23.8 Å². The van der Waals surface area contributed by atoms with Gasteiger partial charge in [0.05, 0.1) is 7.11 Å². The van der Waals surface area contributed by atoms with E-state index in [0.717, 1.165) is 17.1 Å². The van der Waals surface area contributed by atoms with Crippen LogP contribution < -0.4 is 10.1 Å². The molecule has 104 valence electrons. The zero-order chi connectivity index (χ0) is 14.2. The third-order valence-electron chi connectivity index (χ3n) is 2.74. The number of nitrogens with one attached hydrogen (secondary N) is 2. The van der Waals surface area contributed by atoms with Crippen molar-refractivity contribution in [1.29, 1.82) is 0 Å². The van der Waals surface area contributed by atoms with E-state index in [1.807, 2.05) is 24.3 Å². The zero-order valence-electron chi connectivity index (χ0n) is 11.3. The van der Waals surface area contributed by atoms with Crippen LogP contribution in [0.25, 0.3) is 6.08 Å². The van der Waals surface area contributed by atoms with Gasteiger partial charge in [-0.1, -0.05) is 12.1 Å². The zero-order valence-corrected chi connectivity index (χ0v) is 11.3. The fourth-order valence-corrected chi connectivity index (χ4v) is 1.71. The van der Waals surface area contributed by atoms with Crippen LogP contribution in [0, 0.1) is 0 Å². The van der Waals surface area contributed by atoms with Crippen LogP contribution in [0.15, 0.2) is 42.7 Å². The number of rotatable bonds is 6. The Morgan fingerprint density at radius 1 is 1.50 bits per heavy atom. The average molecular weight is 271 g/mol. The van der Waals surface area contributed by atoms with Gasteiger partial charge in [-0.15, -0.1) is 0 Å². The molecule has 5 nitrogen and oxygen atoms in total. The molecule has 0 saturated carbocycles. The molecule has 0 radical (unpaired) electrons. The SMILES string of the molecule is COc1cccc(/C=C/C(=O)NCCc2ncc[nH]2)c1. The molecule has 5 heteroatoms. The van der Waals surface area contributed by atoms with Crippen LogP contribution in [-0.2, 0) is 11.2 Å². The first-order valence-corrected chi connectivity index (χ1v) is 6.36. The predicted octanol–water partition coefficient (Wildman–Crippen LogP) is 1.79. The van der Waals surface area contributed by atoms with Gasteiger partial charge in [0.2, 0.25) is 5.91 Å². The molecule has 1 aromatic carbocycles. The van der Waals surface area contributed by atoms with Gasteiger partial charge in [-0.3, -0.25) is 4.79 Å². The first-order chi connectivity index (χ1) is 9.78. The van der Waals surface area contributed by atoms with Gasteiger partial charge >= 0.3 is 0 Å². The molecule has 1 amide bonds. The number of imidazole rings is 1. The minimum Gasteiger partial charge on any atom is -0.497 e. The Kier molecular flexibility index (Phi) is 4.94. The van der Waals surface area contributed by atoms with E-state index < -0.39 is 0 Å². The van der Waals surface area contributed by atoms with E-state index in [1.165, 1.54) is 6.08 Å². The Morgan fingerprint density at radius 2 is 2.40 bits per heavy atom. The number of aromatic amines is 1. The second-order valence-corrected chi connectivity index (χ2v) is 4.19. The number of carbonyl (C=O) groups excluding carboxylic acids is 1. The molecule has 1 heterocycles. The number of H-pyrrole nitrogens is 1. The van der Waals surface area contributed by atoms with Crippen molar-refractivity contribution in [2.45, 2.75) is 6.42 Å². The van der Waals surface area contributed by atoms with Crippen LogP contribution in [0.2, 0.25) is 0 Å². The van der Waals surface area contributed by atoms with E-state index in [0.29, 0.717) is 13.0 Å². The fourth-order valence-electron chi connectivity index (χ4n) is 1.71. The summed E-state index contributed by atoms with van der Waals surface area (Å²) < 4.78 is 5.12. The number of ether oxygens (including phenoxy) is 1. The van der Waals surface area contributed by atoms with Gasteiger partial charge in [-0.25, -0.2) is 4.98 Å². The molecule has 2 N–H and O–H groups in total. The maximum Gasteiger partial charge on any atom is 0.244 e. The van der Waals surface area contributed by atoms with E-state index in [9.17, 15) is 4.79 Å². The number of methoxy groups -OCH3 is 1. The molecule has 0 aliphatic carbocycles. The van der Waals surface area contributed by atoms with Gasteiger partial charge in [0.1, 0.15) is 11.6 Å². The van der Waals surface area contributed by atoms with Crippen molar-refractivity contribution in [3.05, 3.63) is 54.1 Å². The van der Waals surface area contributed by atoms with Crippen molar-refractivity contribution in [2.24, 2.45) is 0 Å². The molecule has 20 heavy (non-hydrogen) atoms. The summed E-state index contributed by atoms with van der Waals surface area (Å²) in [6, 6.07) is 7.52. The maximum atomic E-state index is 11.6. The lowest BCUT2D eigenvalue weighted by Gasteiger charge is -2.01. The van der Waals surface area contributed by atoms with E-state index >= 15 is 0 Å². The molecule has 2 aromatic rings. The number of nitrogens with zero attached hydrogens (tertiary/aromatic N) is 1. The molecular weight excluding hydrogens is 254 g/mol. The first-order valence-electron chi connectivity index (χ1n) is 6.36. The number of carbonyl (C=O) groups is 1. The van der Waals surface area contributed by atoms with Crippen LogP contribution in [0.3, 0.4) is 0 Å². The van der Waals surface area contributed by atoms with Crippen molar-refractivity contribution >= 4 is 12.0 Å². The van der Waals surface area contributed by atoms with Gasteiger partial charge in [0.25, 0.3) is 0 Å². The molecule has 0 atom stereocenters. The highest BCUT2D eigenvalue weighted by molar-refractivity contribution is 5.91. The monoisotopic (exact) mass is 271 g/mol. The topological polar surface area (TPSA) is 67.0 Å². The van der Waals surface area contributed by atoms with Crippen LogP contribution >= 0.6 is 0 Å². The average Bonchev–Trinajstić information content (AvgIpc) is 2.98. The Bertz CT molecular complexity index is 577. The smallest absolute Gasteiger partial charge is 0.244 e. The second-order valence-electron chi connectivity index (χ2n) is 4.19. The minimum atomic E-state index is -0.126. The Labute approximate surface area is 117 Å². The lowest BCUT2D eigenvalue weighted by Crippen LogP contribution is -2.23. The standard InChI is InChI=1S/C15H17N3O2/c1-20-13-4-2-3-12(11-13)5-6-15(19)18-8-7-14-16-9-10-17-14/h2-6,9-11H,7-8H2,1H3,(H,16,17)(H,18,19)/b6-5+. The Hall–Kier alpha value is -2.56. The Morgan fingerprint density at radius 3 is 3.15 bits per heavy atom. The van der Waals surface area contributed by atoms with Crippen LogP contribution in [0.5, 0.6) is 5.75 Å². The quantitative estimate of drug-likeness (QED) is 0.787. The van der Waals surface area contributed by atoms with E-state index in [2.05, 4.69) is 15.3 Å². The highest BCUT2D eigenvalue weighted by Gasteiger charge is 1.98.